The van der Waals surface area contributed by atoms with E-state index in [2.05, 4.69) is 21.4 Å². The molecular weight excluding hydrogens is 266 g/mol. The Balaban J connectivity index is 2.37. The van der Waals surface area contributed by atoms with Gasteiger partial charge in [0.15, 0.2) is 5.69 Å². The molecule has 2 rings (SSSR count). The first-order chi connectivity index (χ1) is 10.3. The Morgan fingerprint density at radius 1 is 1.38 bits per heavy atom. The van der Waals surface area contributed by atoms with E-state index in [0.29, 0.717) is 25.3 Å². The quantitative estimate of drug-likeness (QED) is 0.501. The van der Waals surface area contributed by atoms with Crippen molar-refractivity contribution in [1.29, 1.82) is 0 Å². The van der Waals surface area contributed by atoms with E-state index < -0.39 is 5.97 Å². The van der Waals surface area contributed by atoms with Crippen molar-refractivity contribution in [2.75, 3.05) is 18.5 Å². The molecule has 2 aromatic rings. The number of carbonyl (C=O) groups is 1. The lowest BCUT2D eigenvalue weighted by Gasteiger charge is -2.12. The normalized spacial score (nSPS) is 10.1. The van der Waals surface area contributed by atoms with Crippen LogP contribution < -0.4 is 5.32 Å². The van der Waals surface area contributed by atoms with Gasteiger partial charge < -0.3 is 10.1 Å². The fraction of sp³-hybridized carbons (Fsp3) is 0.312. The molecule has 1 aromatic carbocycles. The number of anilines is 1. The van der Waals surface area contributed by atoms with Gasteiger partial charge in [0.1, 0.15) is 0 Å². The molecule has 5 heteroatoms. The van der Waals surface area contributed by atoms with Crippen molar-refractivity contribution in [3.63, 3.8) is 0 Å². The zero-order valence-electron chi connectivity index (χ0n) is 11.9. The number of aromatic nitrogens is 2. The molecule has 0 unspecified atom stereocenters. The van der Waals surface area contributed by atoms with Crippen molar-refractivity contribution < 1.29 is 9.53 Å². The molecule has 0 amide bonds. The maximum atomic E-state index is 12.0. The molecule has 0 radical (unpaired) electrons. The predicted octanol–water partition coefficient (Wildman–Crippen LogP) is 2.63. The largest absolute Gasteiger partial charge is 0.461 e. The molecule has 21 heavy (non-hydrogen) atoms. The van der Waals surface area contributed by atoms with E-state index in [1.165, 1.54) is 0 Å². The second-order valence-corrected chi connectivity index (χ2v) is 4.40. The third-order valence-corrected chi connectivity index (χ3v) is 2.94. The van der Waals surface area contributed by atoms with Crippen molar-refractivity contribution >= 4 is 22.6 Å². The molecule has 0 saturated carbocycles. The Morgan fingerprint density at radius 3 is 2.95 bits per heavy atom. The lowest BCUT2D eigenvalue weighted by molar-refractivity contribution is 0.0519. The van der Waals surface area contributed by atoms with Gasteiger partial charge in [-0.3, -0.25) is 0 Å². The van der Waals surface area contributed by atoms with Gasteiger partial charge in [-0.05, 0) is 19.4 Å². The maximum absolute atomic E-state index is 12.0. The Bertz CT molecular complexity index is 677. The number of fused-ring (bicyclic) bond motifs is 1. The first-order valence-corrected chi connectivity index (χ1v) is 6.87. The number of carbonyl (C=O) groups excluding carboxylic acids is 1. The number of unbranched alkanes of at least 4 members (excludes halogenated alkanes) is 1. The van der Waals surface area contributed by atoms with Crippen LogP contribution in [0.4, 0.5) is 5.69 Å². The van der Waals surface area contributed by atoms with Crippen molar-refractivity contribution in [3.05, 3.63) is 30.0 Å². The van der Waals surface area contributed by atoms with Crippen LogP contribution in [0.3, 0.4) is 0 Å². The molecule has 0 fully saturated rings. The number of esters is 1. The molecule has 1 aromatic heterocycles. The third-order valence-electron chi connectivity index (χ3n) is 2.94. The summed E-state index contributed by atoms with van der Waals surface area (Å²) in [6.07, 6.45) is 6.74. The number of benzene rings is 1. The van der Waals surface area contributed by atoms with Crippen LogP contribution in [0.2, 0.25) is 0 Å². The highest BCUT2D eigenvalue weighted by atomic mass is 16.5. The van der Waals surface area contributed by atoms with Gasteiger partial charge in [-0.15, -0.1) is 22.5 Å². The van der Waals surface area contributed by atoms with Gasteiger partial charge >= 0.3 is 5.97 Å². The number of hydrogen-bond acceptors (Lipinski definition) is 5. The number of hydrogen-bond donors (Lipinski definition) is 1. The lowest BCUT2D eigenvalue weighted by atomic mass is 10.1. The molecule has 1 heterocycles. The Morgan fingerprint density at radius 2 is 2.19 bits per heavy atom. The van der Waals surface area contributed by atoms with Gasteiger partial charge in [-0.25, -0.2) is 4.79 Å². The average molecular weight is 283 g/mol. The molecule has 0 spiro atoms. The van der Waals surface area contributed by atoms with E-state index in [4.69, 9.17) is 11.2 Å². The van der Waals surface area contributed by atoms with Crippen LogP contribution in [-0.2, 0) is 4.74 Å². The second kappa shape index (κ2) is 7.25. The molecule has 5 nitrogen and oxygen atoms in total. The fourth-order valence-electron chi connectivity index (χ4n) is 1.98. The van der Waals surface area contributed by atoms with Crippen LogP contribution in [-0.4, -0.2) is 29.3 Å². The van der Waals surface area contributed by atoms with Crippen LogP contribution in [0.15, 0.2) is 24.3 Å². The number of nitrogens with one attached hydrogen (secondary N) is 1. The monoisotopic (exact) mass is 283 g/mol. The van der Waals surface area contributed by atoms with Gasteiger partial charge in [0.25, 0.3) is 0 Å². The summed E-state index contributed by atoms with van der Waals surface area (Å²) >= 11 is 0. The summed E-state index contributed by atoms with van der Waals surface area (Å²) in [5, 5.41) is 12.1. The lowest BCUT2D eigenvalue weighted by Crippen LogP contribution is -2.14. The van der Waals surface area contributed by atoms with Gasteiger partial charge in [0.2, 0.25) is 0 Å². The summed E-state index contributed by atoms with van der Waals surface area (Å²) in [5.74, 6) is 2.11. The van der Waals surface area contributed by atoms with E-state index in [0.717, 1.165) is 17.3 Å². The van der Waals surface area contributed by atoms with Crippen molar-refractivity contribution in [2.24, 2.45) is 0 Å². The zero-order valence-corrected chi connectivity index (χ0v) is 11.9. The minimum atomic E-state index is -0.477. The van der Waals surface area contributed by atoms with Crippen molar-refractivity contribution in [1.82, 2.24) is 10.2 Å². The molecule has 108 valence electrons. The van der Waals surface area contributed by atoms with Crippen LogP contribution >= 0.6 is 0 Å². The summed E-state index contributed by atoms with van der Waals surface area (Å²) in [4.78, 5) is 12.0. The van der Waals surface area contributed by atoms with Gasteiger partial charge in [-0.2, -0.15) is 0 Å². The maximum Gasteiger partial charge on any atom is 0.361 e. The summed E-state index contributed by atoms with van der Waals surface area (Å²) < 4.78 is 5.03. The third kappa shape index (κ3) is 3.48. The SMILES string of the molecule is C#CCCCNc1c(C(=O)OCC)nnc2ccccc12. The number of ether oxygens (including phenoxy) is 1. The average Bonchev–Trinajstić information content (AvgIpc) is 2.51. The van der Waals surface area contributed by atoms with E-state index >= 15 is 0 Å². The van der Waals surface area contributed by atoms with Crippen LogP contribution in [0.5, 0.6) is 0 Å². The highest BCUT2D eigenvalue weighted by Crippen LogP contribution is 2.24. The van der Waals surface area contributed by atoms with Gasteiger partial charge in [0, 0.05) is 18.4 Å². The first-order valence-electron chi connectivity index (χ1n) is 6.87. The molecule has 0 atom stereocenters. The number of nitrogens with zero attached hydrogens (tertiary/aromatic N) is 2. The molecule has 0 aliphatic carbocycles. The minimum Gasteiger partial charge on any atom is -0.461 e. The molecule has 0 bridgehead atoms. The Labute approximate surface area is 123 Å². The van der Waals surface area contributed by atoms with Crippen LogP contribution in [0.25, 0.3) is 10.9 Å². The van der Waals surface area contributed by atoms with Gasteiger partial charge in [0.05, 0.1) is 17.8 Å². The summed E-state index contributed by atoms with van der Waals surface area (Å²) in [6.45, 7) is 2.71. The minimum absolute atomic E-state index is 0.205. The summed E-state index contributed by atoms with van der Waals surface area (Å²) in [5.41, 5.74) is 1.58. The highest BCUT2D eigenvalue weighted by Gasteiger charge is 2.18. The molecular formula is C16H17N3O2. The Hall–Kier alpha value is -2.61. The van der Waals surface area contributed by atoms with Crippen molar-refractivity contribution in [3.8, 4) is 12.3 Å². The van der Waals surface area contributed by atoms with Crippen molar-refractivity contribution in [2.45, 2.75) is 19.8 Å². The van der Waals surface area contributed by atoms with E-state index in [1.807, 2.05) is 24.3 Å². The standard InChI is InChI=1S/C16H17N3O2/c1-3-5-8-11-17-14-12-9-6-7-10-13(12)18-19-15(14)16(20)21-4-2/h1,6-7,9-10H,4-5,8,11H2,2H3,(H,17,18). The van der Waals surface area contributed by atoms with E-state index in [1.54, 1.807) is 6.92 Å². The fourth-order valence-corrected chi connectivity index (χ4v) is 1.98. The molecule has 0 saturated heterocycles. The topological polar surface area (TPSA) is 64.1 Å². The van der Waals surface area contributed by atoms with Crippen LogP contribution in [0, 0.1) is 12.3 Å². The van der Waals surface area contributed by atoms with E-state index in [-0.39, 0.29) is 5.69 Å². The predicted molar refractivity (Wildman–Crippen MR) is 82.1 cm³/mol. The van der Waals surface area contributed by atoms with Crippen LogP contribution in [0.1, 0.15) is 30.3 Å². The highest BCUT2D eigenvalue weighted by molar-refractivity contribution is 6.03. The van der Waals surface area contributed by atoms with Gasteiger partial charge in [-0.1, -0.05) is 18.2 Å². The zero-order chi connectivity index (χ0) is 15.1. The molecule has 0 aliphatic rings. The van der Waals surface area contributed by atoms with E-state index in [9.17, 15) is 4.79 Å². The summed E-state index contributed by atoms with van der Waals surface area (Å²) in [6, 6.07) is 7.52. The smallest absolute Gasteiger partial charge is 0.361 e. The first kappa shape index (κ1) is 14.8. The molecule has 1 N–H and O–H groups in total. The summed E-state index contributed by atoms with van der Waals surface area (Å²) in [7, 11) is 0. The second-order valence-electron chi connectivity index (χ2n) is 4.40. The number of terminal acetylenes is 1. The Kier molecular flexibility index (Phi) is 5.10. The molecule has 0 aliphatic heterocycles. The number of rotatable bonds is 6.